The summed E-state index contributed by atoms with van der Waals surface area (Å²) >= 11 is 0. The van der Waals surface area contributed by atoms with Crippen molar-refractivity contribution in [3.63, 3.8) is 0 Å². The number of nitrogens with zero attached hydrogens (tertiary/aromatic N) is 1. The summed E-state index contributed by atoms with van der Waals surface area (Å²) in [5.41, 5.74) is 4.66. The Kier molecular flexibility index (Phi) is 3.46. The molecule has 3 N–H and O–H groups in total. The van der Waals surface area contributed by atoms with Gasteiger partial charge in [0.1, 0.15) is 4.90 Å². The van der Waals surface area contributed by atoms with Gasteiger partial charge in [-0.15, -0.1) is 0 Å². The van der Waals surface area contributed by atoms with E-state index in [0.717, 1.165) is 18.2 Å². The van der Waals surface area contributed by atoms with Gasteiger partial charge in [-0.2, -0.15) is 0 Å². The largest absolute Gasteiger partial charge is 0.478 e. The van der Waals surface area contributed by atoms with Crippen LogP contribution in [-0.2, 0) is 14.8 Å². The van der Waals surface area contributed by atoms with E-state index in [0.29, 0.717) is 4.31 Å². The summed E-state index contributed by atoms with van der Waals surface area (Å²) < 4.78 is 25.3. The van der Waals surface area contributed by atoms with E-state index in [1.165, 1.54) is 6.92 Å². The molecule has 0 radical (unpaired) electrons. The van der Waals surface area contributed by atoms with Gasteiger partial charge in [-0.25, -0.2) is 17.5 Å². The van der Waals surface area contributed by atoms with E-state index in [4.69, 9.17) is 10.8 Å². The van der Waals surface area contributed by atoms with Gasteiger partial charge in [0.15, 0.2) is 0 Å². The maximum atomic E-state index is 12.4. The van der Waals surface area contributed by atoms with E-state index in [1.54, 1.807) is 0 Å². The van der Waals surface area contributed by atoms with Gasteiger partial charge in [0.25, 0.3) is 15.9 Å². The Bertz CT molecular complexity index is 755. The number of rotatable bonds is 4. The number of carboxylic acids is 1. The van der Waals surface area contributed by atoms with E-state index in [9.17, 15) is 22.8 Å². The molecule has 9 heteroatoms. The highest BCUT2D eigenvalue weighted by Crippen LogP contribution is 2.33. The van der Waals surface area contributed by atoms with Gasteiger partial charge >= 0.3 is 5.97 Å². The van der Waals surface area contributed by atoms with Crippen molar-refractivity contribution in [1.29, 1.82) is 0 Å². The molecule has 1 atom stereocenters. The molecule has 0 saturated carbocycles. The van der Waals surface area contributed by atoms with Crippen molar-refractivity contribution in [1.82, 2.24) is 4.31 Å². The number of fused-ring (bicyclic) bond motifs is 1. The first-order valence-corrected chi connectivity index (χ1v) is 7.34. The molecule has 0 spiro atoms. The van der Waals surface area contributed by atoms with Crippen LogP contribution in [0.25, 0.3) is 0 Å². The van der Waals surface area contributed by atoms with Gasteiger partial charge < -0.3 is 10.8 Å². The lowest BCUT2D eigenvalue weighted by molar-refractivity contribution is -0.118. The number of amides is 2. The highest BCUT2D eigenvalue weighted by atomic mass is 32.2. The van der Waals surface area contributed by atoms with E-state index in [-0.39, 0.29) is 22.4 Å². The fraction of sp³-hybridized carbons (Fsp3) is 0.250. The number of carbonyl (C=O) groups excluding carboxylic acids is 2. The van der Waals surface area contributed by atoms with Gasteiger partial charge in [0.2, 0.25) is 5.91 Å². The Hall–Kier alpha value is -2.42. The topological polar surface area (TPSA) is 135 Å². The van der Waals surface area contributed by atoms with Crippen molar-refractivity contribution in [2.75, 3.05) is 0 Å². The summed E-state index contributed by atoms with van der Waals surface area (Å²) in [5.74, 6) is -2.84. The Balaban J connectivity index is 2.54. The second-order valence-electron chi connectivity index (χ2n) is 4.64. The quantitative estimate of drug-likeness (QED) is 0.790. The number of carboxylic acid groups (broad SMARTS) is 1. The lowest BCUT2D eigenvalue weighted by atomic mass is 10.1. The fourth-order valence-corrected chi connectivity index (χ4v) is 3.98. The lowest BCUT2D eigenvalue weighted by Gasteiger charge is -2.21. The molecule has 2 amide bonds. The molecule has 1 aromatic carbocycles. The second-order valence-corrected chi connectivity index (χ2v) is 6.42. The van der Waals surface area contributed by atoms with E-state index in [1.807, 2.05) is 0 Å². The zero-order valence-electron chi connectivity index (χ0n) is 10.9. The molecule has 21 heavy (non-hydrogen) atoms. The predicted octanol–water partition coefficient (Wildman–Crippen LogP) is -0.207. The molecule has 0 aromatic heterocycles. The SMILES string of the molecule is CC(CC(N)=O)N1C(=O)c2ccc(C(=O)O)cc2S1(=O)=O. The minimum absolute atomic E-state index is 0.115. The van der Waals surface area contributed by atoms with Crippen LogP contribution >= 0.6 is 0 Å². The van der Waals surface area contributed by atoms with Crippen LogP contribution in [0.2, 0.25) is 0 Å². The molecule has 112 valence electrons. The Morgan fingerprint density at radius 1 is 1.38 bits per heavy atom. The van der Waals surface area contributed by atoms with Crippen LogP contribution in [0.1, 0.15) is 34.1 Å². The molecule has 0 saturated heterocycles. The summed E-state index contributed by atoms with van der Waals surface area (Å²) in [7, 11) is -4.18. The average Bonchev–Trinajstić information content (AvgIpc) is 2.55. The Labute approximate surface area is 120 Å². The molecule has 0 fully saturated rings. The molecule has 1 unspecified atom stereocenters. The summed E-state index contributed by atoms with van der Waals surface area (Å²) in [5, 5.41) is 8.89. The van der Waals surface area contributed by atoms with Crippen LogP contribution in [0.3, 0.4) is 0 Å². The fourth-order valence-electron chi connectivity index (χ4n) is 2.19. The molecule has 2 rings (SSSR count). The monoisotopic (exact) mass is 312 g/mol. The molecule has 1 aliphatic rings. The number of hydrogen-bond donors (Lipinski definition) is 2. The molecule has 8 nitrogen and oxygen atoms in total. The molecular weight excluding hydrogens is 300 g/mol. The smallest absolute Gasteiger partial charge is 0.335 e. The predicted molar refractivity (Wildman–Crippen MR) is 70.0 cm³/mol. The van der Waals surface area contributed by atoms with Crippen molar-refractivity contribution in [3.8, 4) is 0 Å². The molecular formula is C12H12N2O6S. The van der Waals surface area contributed by atoms with Crippen molar-refractivity contribution in [2.45, 2.75) is 24.3 Å². The first kappa shape index (κ1) is 15.0. The summed E-state index contributed by atoms with van der Waals surface area (Å²) in [6.45, 7) is 1.38. The average molecular weight is 312 g/mol. The normalized spacial score (nSPS) is 17.4. The van der Waals surface area contributed by atoms with Gasteiger partial charge in [-0.3, -0.25) is 9.59 Å². The zero-order chi connectivity index (χ0) is 15.9. The Morgan fingerprint density at radius 3 is 2.52 bits per heavy atom. The van der Waals surface area contributed by atoms with E-state index in [2.05, 4.69) is 0 Å². The maximum Gasteiger partial charge on any atom is 0.335 e. The van der Waals surface area contributed by atoms with Crippen LogP contribution in [0.15, 0.2) is 23.1 Å². The Morgan fingerprint density at radius 2 is 2.00 bits per heavy atom. The number of benzene rings is 1. The first-order chi connectivity index (χ1) is 9.66. The third-order valence-electron chi connectivity index (χ3n) is 3.09. The molecule has 0 bridgehead atoms. The second kappa shape index (κ2) is 4.85. The molecule has 0 aliphatic carbocycles. The number of nitrogens with two attached hydrogens (primary N) is 1. The van der Waals surface area contributed by atoms with Crippen LogP contribution in [0.4, 0.5) is 0 Å². The molecule has 1 aliphatic heterocycles. The highest BCUT2D eigenvalue weighted by Gasteiger charge is 2.44. The number of sulfonamides is 1. The number of carbonyl (C=O) groups is 3. The minimum Gasteiger partial charge on any atom is -0.478 e. The summed E-state index contributed by atoms with van der Waals surface area (Å²) in [4.78, 5) is 33.6. The zero-order valence-corrected chi connectivity index (χ0v) is 11.8. The van der Waals surface area contributed by atoms with E-state index < -0.39 is 33.8 Å². The number of aromatic carboxylic acids is 1. The van der Waals surface area contributed by atoms with Crippen molar-refractivity contribution >= 4 is 27.8 Å². The van der Waals surface area contributed by atoms with Crippen molar-refractivity contribution < 1.29 is 27.9 Å². The van der Waals surface area contributed by atoms with Gasteiger partial charge in [0.05, 0.1) is 17.2 Å². The van der Waals surface area contributed by atoms with E-state index >= 15 is 0 Å². The summed E-state index contributed by atoms with van der Waals surface area (Å²) in [6.07, 6.45) is -0.315. The third kappa shape index (κ3) is 2.35. The van der Waals surface area contributed by atoms with Crippen LogP contribution in [-0.4, -0.2) is 41.7 Å². The van der Waals surface area contributed by atoms with Crippen LogP contribution < -0.4 is 5.73 Å². The standard InChI is InChI=1S/C12H12N2O6S/c1-6(4-10(13)15)14-11(16)8-3-2-7(12(17)18)5-9(8)21(14,19)20/h2-3,5-6H,4H2,1H3,(H2,13,15)(H,17,18). The van der Waals surface area contributed by atoms with Crippen LogP contribution in [0.5, 0.6) is 0 Å². The van der Waals surface area contributed by atoms with Crippen LogP contribution in [0, 0.1) is 0 Å². The minimum atomic E-state index is -4.18. The number of hydrogen-bond acceptors (Lipinski definition) is 5. The molecule has 1 aromatic rings. The molecule has 1 heterocycles. The maximum absolute atomic E-state index is 12.4. The van der Waals surface area contributed by atoms with Crippen molar-refractivity contribution in [3.05, 3.63) is 29.3 Å². The first-order valence-electron chi connectivity index (χ1n) is 5.90. The summed E-state index contributed by atoms with van der Waals surface area (Å²) in [6, 6.07) is 2.29. The van der Waals surface area contributed by atoms with Crippen molar-refractivity contribution in [2.24, 2.45) is 5.73 Å². The van der Waals surface area contributed by atoms with Gasteiger partial charge in [0, 0.05) is 6.42 Å². The highest BCUT2D eigenvalue weighted by molar-refractivity contribution is 7.90. The third-order valence-corrected chi connectivity index (χ3v) is 5.03. The number of primary amides is 1. The lowest BCUT2D eigenvalue weighted by Crippen LogP contribution is -2.40. The van der Waals surface area contributed by atoms with Gasteiger partial charge in [-0.1, -0.05) is 0 Å². The van der Waals surface area contributed by atoms with Gasteiger partial charge in [-0.05, 0) is 25.1 Å².